The van der Waals surface area contributed by atoms with Crippen LogP contribution in [0.25, 0.3) is 5.57 Å². The summed E-state index contributed by atoms with van der Waals surface area (Å²) < 4.78 is 14.2. The van der Waals surface area contributed by atoms with Crippen LogP contribution in [0.2, 0.25) is 0 Å². The van der Waals surface area contributed by atoms with E-state index in [1.165, 1.54) is 43.0 Å². The monoisotopic (exact) mass is 393 g/mol. The van der Waals surface area contributed by atoms with E-state index in [2.05, 4.69) is 41.5 Å². The van der Waals surface area contributed by atoms with Crippen LogP contribution in [0.3, 0.4) is 0 Å². The molecule has 2 aliphatic heterocycles. The molecule has 2 aromatic rings. The summed E-state index contributed by atoms with van der Waals surface area (Å²) in [4.78, 5) is 14.7. The highest BCUT2D eigenvalue weighted by Gasteiger charge is 2.27. The van der Waals surface area contributed by atoms with Gasteiger partial charge in [0.2, 0.25) is 0 Å². The lowest BCUT2D eigenvalue weighted by Gasteiger charge is -2.34. The molecule has 5 heteroatoms. The molecule has 29 heavy (non-hydrogen) atoms. The molecule has 0 aromatic heterocycles. The lowest BCUT2D eigenvalue weighted by atomic mass is 9.92. The molecule has 0 atom stereocenters. The first-order chi connectivity index (χ1) is 14.1. The molecule has 0 spiro atoms. The SMILES string of the molecule is CCCC1CCN(c2ccc(N/C=C3/C(=O)Nc4cccc(F)c43)cc2C)CC1. The van der Waals surface area contributed by atoms with E-state index in [0.717, 1.165) is 24.7 Å². The van der Waals surface area contributed by atoms with Crippen LogP contribution in [0, 0.1) is 18.7 Å². The number of amides is 1. The van der Waals surface area contributed by atoms with Gasteiger partial charge in [-0.3, -0.25) is 4.79 Å². The van der Waals surface area contributed by atoms with E-state index in [9.17, 15) is 9.18 Å². The number of hydrogen-bond donors (Lipinski definition) is 2. The second-order valence-corrected chi connectivity index (χ2v) is 8.04. The highest BCUT2D eigenvalue weighted by molar-refractivity contribution is 6.31. The summed E-state index contributed by atoms with van der Waals surface area (Å²) in [7, 11) is 0. The number of halogens is 1. The second kappa shape index (κ2) is 8.27. The minimum absolute atomic E-state index is 0.291. The van der Waals surface area contributed by atoms with E-state index < -0.39 is 5.82 Å². The Morgan fingerprint density at radius 1 is 1.24 bits per heavy atom. The van der Waals surface area contributed by atoms with Crippen molar-refractivity contribution in [2.24, 2.45) is 5.92 Å². The molecule has 2 heterocycles. The molecular formula is C24H28FN3O. The highest BCUT2D eigenvalue weighted by Crippen LogP contribution is 2.34. The normalized spacial score (nSPS) is 18.1. The Morgan fingerprint density at radius 2 is 2.03 bits per heavy atom. The average molecular weight is 394 g/mol. The molecule has 4 nitrogen and oxygen atoms in total. The van der Waals surface area contributed by atoms with Gasteiger partial charge in [-0.2, -0.15) is 0 Å². The van der Waals surface area contributed by atoms with Crippen LogP contribution in [0.1, 0.15) is 43.7 Å². The minimum Gasteiger partial charge on any atom is -0.371 e. The second-order valence-electron chi connectivity index (χ2n) is 8.04. The van der Waals surface area contributed by atoms with Crippen molar-refractivity contribution >= 4 is 28.5 Å². The van der Waals surface area contributed by atoms with Crippen molar-refractivity contribution in [3.8, 4) is 0 Å². The number of benzene rings is 2. The van der Waals surface area contributed by atoms with E-state index in [4.69, 9.17) is 0 Å². The summed E-state index contributed by atoms with van der Waals surface area (Å²) in [5.74, 6) is 0.178. The van der Waals surface area contributed by atoms with Crippen molar-refractivity contribution in [2.45, 2.75) is 39.5 Å². The first-order valence-corrected chi connectivity index (χ1v) is 10.5. The van der Waals surface area contributed by atoms with Gasteiger partial charge >= 0.3 is 0 Å². The van der Waals surface area contributed by atoms with Gasteiger partial charge in [-0.05, 0) is 61.6 Å². The fourth-order valence-electron chi connectivity index (χ4n) is 4.47. The number of hydrogen-bond acceptors (Lipinski definition) is 3. The van der Waals surface area contributed by atoms with Crippen LogP contribution in [-0.4, -0.2) is 19.0 Å². The van der Waals surface area contributed by atoms with Gasteiger partial charge in [0.25, 0.3) is 5.91 Å². The molecular weight excluding hydrogens is 365 g/mol. The van der Waals surface area contributed by atoms with Crippen molar-refractivity contribution in [1.29, 1.82) is 0 Å². The molecule has 0 bridgehead atoms. The topological polar surface area (TPSA) is 44.4 Å². The Labute approximate surface area is 171 Å². The van der Waals surface area contributed by atoms with Crippen molar-refractivity contribution < 1.29 is 9.18 Å². The zero-order valence-corrected chi connectivity index (χ0v) is 17.1. The molecule has 0 unspecified atom stereocenters. The maximum Gasteiger partial charge on any atom is 0.257 e. The van der Waals surface area contributed by atoms with Crippen molar-refractivity contribution in [3.05, 3.63) is 59.5 Å². The lowest BCUT2D eigenvalue weighted by molar-refractivity contribution is -0.110. The van der Waals surface area contributed by atoms with Crippen molar-refractivity contribution in [1.82, 2.24) is 0 Å². The molecule has 4 rings (SSSR count). The number of nitrogens with zero attached hydrogens (tertiary/aromatic N) is 1. The molecule has 2 aliphatic rings. The Morgan fingerprint density at radius 3 is 2.76 bits per heavy atom. The molecule has 1 fully saturated rings. The number of nitrogens with one attached hydrogen (secondary N) is 2. The number of anilines is 3. The summed E-state index contributed by atoms with van der Waals surface area (Å²) >= 11 is 0. The summed E-state index contributed by atoms with van der Waals surface area (Å²) in [6.45, 7) is 6.60. The third-order valence-electron chi connectivity index (χ3n) is 6.01. The zero-order chi connectivity index (χ0) is 20.4. The molecule has 0 saturated carbocycles. The van der Waals surface area contributed by atoms with Gasteiger partial charge in [0.1, 0.15) is 5.82 Å². The first kappa shape index (κ1) is 19.5. The Kier molecular flexibility index (Phi) is 5.56. The van der Waals surface area contributed by atoms with Gasteiger partial charge in [-0.25, -0.2) is 4.39 Å². The van der Waals surface area contributed by atoms with Crippen molar-refractivity contribution in [3.63, 3.8) is 0 Å². The fraction of sp³-hybridized carbons (Fsp3) is 0.375. The third kappa shape index (κ3) is 4.00. The number of aryl methyl sites for hydroxylation is 1. The van der Waals surface area contributed by atoms with Gasteiger partial charge < -0.3 is 15.5 Å². The van der Waals surface area contributed by atoms with Gasteiger partial charge in [0.05, 0.1) is 11.3 Å². The average Bonchev–Trinajstić information content (AvgIpc) is 3.04. The van der Waals surface area contributed by atoms with Gasteiger partial charge in [0, 0.05) is 36.2 Å². The summed E-state index contributed by atoms with van der Waals surface area (Å²) in [6.07, 6.45) is 6.72. The highest BCUT2D eigenvalue weighted by atomic mass is 19.1. The van der Waals surface area contributed by atoms with E-state index in [0.29, 0.717) is 16.8 Å². The number of carbonyl (C=O) groups is 1. The van der Waals surface area contributed by atoms with Crippen LogP contribution in [0.5, 0.6) is 0 Å². The Hall–Kier alpha value is -2.82. The smallest absolute Gasteiger partial charge is 0.257 e. The molecule has 2 aromatic carbocycles. The van der Waals surface area contributed by atoms with Crippen molar-refractivity contribution in [2.75, 3.05) is 28.6 Å². The maximum atomic E-state index is 14.2. The number of fused-ring (bicyclic) bond motifs is 1. The zero-order valence-electron chi connectivity index (χ0n) is 17.1. The van der Waals surface area contributed by atoms with Crippen LogP contribution < -0.4 is 15.5 Å². The van der Waals surface area contributed by atoms with E-state index >= 15 is 0 Å². The lowest BCUT2D eigenvalue weighted by Crippen LogP contribution is -2.34. The maximum absolute atomic E-state index is 14.2. The molecule has 2 N–H and O–H groups in total. The number of rotatable bonds is 5. The molecule has 0 aliphatic carbocycles. The molecule has 152 valence electrons. The van der Waals surface area contributed by atoms with Gasteiger partial charge in [-0.15, -0.1) is 0 Å². The van der Waals surface area contributed by atoms with E-state index in [1.54, 1.807) is 18.3 Å². The number of piperidine rings is 1. The van der Waals surface area contributed by atoms with Crippen LogP contribution in [-0.2, 0) is 4.79 Å². The number of carbonyl (C=O) groups excluding carboxylic acids is 1. The predicted octanol–water partition coefficient (Wildman–Crippen LogP) is 5.56. The molecule has 1 amide bonds. The summed E-state index contributed by atoms with van der Waals surface area (Å²) in [5, 5.41) is 5.88. The quantitative estimate of drug-likeness (QED) is 0.654. The largest absolute Gasteiger partial charge is 0.371 e. The predicted molar refractivity (Wildman–Crippen MR) is 118 cm³/mol. The fourth-order valence-corrected chi connectivity index (χ4v) is 4.47. The molecule has 0 radical (unpaired) electrons. The molecule has 1 saturated heterocycles. The van der Waals surface area contributed by atoms with E-state index in [-0.39, 0.29) is 5.91 Å². The third-order valence-corrected chi connectivity index (χ3v) is 6.01. The summed E-state index contributed by atoms with van der Waals surface area (Å²) in [6, 6.07) is 10.9. The first-order valence-electron chi connectivity index (χ1n) is 10.5. The summed E-state index contributed by atoms with van der Waals surface area (Å²) in [5.41, 5.74) is 4.52. The Balaban J connectivity index is 1.47. The van der Waals surface area contributed by atoms with E-state index in [1.807, 2.05) is 6.07 Å². The van der Waals surface area contributed by atoms with Crippen LogP contribution in [0.4, 0.5) is 21.5 Å². The van der Waals surface area contributed by atoms with Crippen LogP contribution >= 0.6 is 0 Å². The van der Waals surface area contributed by atoms with Crippen LogP contribution in [0.15, 0.2) is 42.6 Å². The Bertz CT molecular complexity index is 945. The van der Waals surface area contributed by atoms with Gasteiger partial charge in [-0.1, -0.05) is 25.8 Å². The minimum atomic E-state index is -0.396. The standard InChI is InChI=1S/C24H28FN3O/c1-3-5-17-10-12-28(13-11-17)22-9-8-18(14-16(22)2)26-15-19-23-20(25)6-4-7-21(23)27-24(19)29/h4,6-9,14-15,17,26H,3,5,10-13H2,1-2H3,(H,27,29)/b19-15+. The van der Waals surface area contributed by atoms with Gasteiger partial charge in [0.15, 0.2) is 0 Å².